The van der Waals surface area contributed by atoms with Gasteiger partial charge in [-0.25, -0.2) is 4.98 Å². The lowest BCUT2D eigenvalue weighted by Gasteiger charge is -2.22. The maximum atomic E-state index is 13.7. The normalized spacial score (nSPS) is 15.6. The summed E-state index contributed by atoms with van der Waals surface area (Å²) in [7, 11) is 0. The summed E-state index contributed by atoms with van der Waals surface area (Å²) in [6.07, 6.45) is 2.02. The third kappa shape index (κ3) is 3.11. The summed E-state index contributed by atoms with van der Waals surface area (Å²) in [5.74, 6) is -0.222. The third-order valence-electron chi connectivity index (χ3n) is 6.14. The second kappa shape index (κ2) is 7.60. The molecule has 5 rings (SSSR count). The highest BCUT2D eigenvalue weighted by atomic mass is 32.2. The lowest BCUT2D eigenvalue weighted by Crippen LogP contribution is -2.29. The maximum absolute atomic E-state index is 13.7. The number of aryl methyl sites for hydroxylation is 4. The minimum Gasteiger partial charge on any atom is -0.450 e. The van der Waals surface area contributed by atoms with Crippen molar-refractivity contribution in [2.45, 2.75) is 38.6 Å². The predicted octanol–water partition coefficient (Wildman–Crippen LogP) is 5.95. The smallest absolute Gasteiger partial charge is 0.297 e. The SMILES string of the molecule is CSc1ccc([C@@H]2c3c(oc4cc(C)c(C)cc4c3=O)C(=O)N2c2nc(C)c(C)s2)cc1. The summed E-state index contributed by atoms with van der Waals surface area (Å²) >= 11 is 3.10. The Hall–Kier alpha value is -2.90. The van der Waals surface area contributed by atoms with Crippen LogP contribution < -0.4 is 10.3 Å². The number of nitrogens with zero attached hydrogens (tertiary/aromatic N) is 2. The Morgan fingerprint density at radius 2 is 1.72 bits per heavy atom. The van der Waals surface area contributed by atoms with Crippen molar-refractivity contribution in [2.24, 2.45) is 0 Å². The zero-order valence-corrected chi connectivity index (χ0v) is 20.1. The van der Waals surface area contributed by atoms with Crippen LogP contribution in [0.1, 0.15) is 49.4 Å². The highest BCUT2D eigenvalue weighted by molar-refractivity contribution is 7.98. The molecule has 7 heteroatoms. The molecule has 0 unspecified atom stereocenters. The Kier molecular flexibility index (Phi) is 4.98. The molecule has 162 valence electrons. The molecule has 0 N–H and O–H groups in total. The second-order valence-electron chi connectivity index (χ2n) is 8.10. The van der Waals surface area contributed by atoms with Gasteiger partial charge in [0.25, 0.3) is 5.91 Å². The number of rotatable bonds is 3. The van der Waals surface area contributed by atoms with E-state index in [-0.39, 0.29) is 17.1 Å². The van der Waals surface area contributed by atoms with Crippen LogP contribution in [-0.4, -0.2) is 17.1 Å². The minimum absolute atomic E-state index is 0.107. The van der Waals surface area contributed by atoms with E-state index < -0.39 is 6.04 Å². The number of carbonyl (C=O) groups excluding carboxylic acids is 1. The monoisotopic (exact) mass is 462 g/mol. The van der Waals surface area contributed by atoms with E-state index in [1.54, 1.807) is 16.7 Å². The van der Waals surface area contributed by atoms with Gasteiger partial charge in [0.05, 0.1) is 22.7 Å². The molecule has 1 atom stereocenters. The van der Waals surface area contributed by atoms with Crippen molar-refractivity contribution in [2.75, 3.05) is 11.2 Å². The summed E-state index contributed by atoms with van der Waals surface area (Å²) in [6, 6.07) is 11.1. The molecule has 0 bridgehead atoms. The Bertz CT molecular complexity index is 1430. The molecule has 1 aliphatic rings. The molecule has 2 aromatic carbocycles. The predicted molar refractivity (Wildman–Crippen MR) is 130 cm³/mol. The molecule has 2 aromatic heterocycles. The van der Waals surface area contributed by atoms with Crippen LogP contribution in [0.3, 0.4) is 0 Å². The first-order valence-electron chi connectivity index (χ1n) is 10.3. The number of anilines is 1. The molecular formula is C25H22N2O3S2. The molecule has 4 aromatic rings. The Balaban J connectivity index is 1.81. The van der Waals surface area contributed by atoms with Gasteiger partial charge in [-0.05, 0) is 74.9 Å². The fourth-order valence-corrected chi connectivity index (χ4v) is 5.43. The molecule has 0 spiro atoms. The first-order valence-corrected chi connectivity index (χ1v) is 12.3. The van der Waals surface area contributed by atoms with Gasteiger partial charge in [-0.1, -0.05) is 12.1 Å². The van der Waals surface area contributed by atoms with Crippen molar-refractivity contribution in [1.29, 1.82) is 0 Å². The first kappa shape index (κ1) is 21.0. The maximum Gasteiger partial charge on any atom is 0.297 e. The number of fused-ring (bicyclic) bond motifs is 2. The largest absolute Gasteiger partial charge is 0.450 e. The highest BCUT2D eigenvalue weighted by Crippen LogP contribution is 2.43. The van der Waals surface area contributed by atoms with Gasteiger partial charge in [-0.2, -0.15) is 0 Å². The number of aromatic nitrogens is 1. The van der Waals surface area contributed by atoms with Crippen LogP contribution in [-0.2, 0) is 0 Å². The summed E-state index contributed by atoms with van der Waals surface area (Å²) < 4.78 is 6.10. The number of thiazole rings is 1. The van der Waals surface area contributed by atoms with Gasteiger partial charge < -0.3 is 4.42 Å². The number of hydrogen-bond donors (Lipinski definition) is 0. The molecule has 0 fully saturated rings. The molecule has 32 heavy (non-hydrogen) atoms. The van der Waals surface area contributed by atoms with Crippen molar-refractivity contribution in [3.63, 3.8) is 0 Å². The average Bonchev–Trinajstić information content (AvgIpc) is 3.26. The van der Waals surface area contributed by atoms with Gasteiger partial charge in [0.2, 0.25) is 5.76 Å². The van der Waals surface area contributed by atoms with E-state index >= 15 is 0 Å². The number of carbonyl (C=O) groups is 1. The van der Waals surface area contributed by atoms with Gasteiger partial charge in [-0.3, -0.25) is 14.5 Å². The van der Waals surface area contributed by atoms with Gasteiger partial charge in [-0.15, -0.1) is 23.1 Å². The van der Waals surface area contributed by atoms with Crippen LogP contribution in [0.25, 0.3) is 11.0 Å². The van der Waals surface area contributed by atoms with Crippen molar-refractivity contribution < 1.29 is 9.21 Å². The van der Waals surface area contributed by atoms with E-state index in [0.29, 0.717) is 21.7 Å². The van der Waals surface area contributed by atoms with Crippen LogP contribution in [0.5, 0.6) is 0 Å². The van der Waals surface area contributed by atoms with Gasteiger partial charge in [0, 0.05) is 9.77 Å². The lowest BCUT2D eigenvalue weighted by atomic mass is 9.97. The van der Waals surface area contributed by atoms with E-state index in [1.807, 2.05) is 70.3 Å². The van der Waals surface area contributed by atoms with Crippen LogP contribution >= 0.6 is 23.1 Å². The Morgan fingerprint density at radius 1 is 1.03 bits per heavy atom. The summed E-state index contributed by atoms with van der Waals surface area (Å²) in [4.78, 5) is 35.8. The molecular weight excluding hydrogens is 440 g/mol. The Morgan fingerprint density at radius 3 is 2.34 bits per heavy atom. The Labute approximate surface area is 194 Å². The van der Waals surface area contributed by atoms with Crippen molar-refractivity contribution in [3.05, 3.63) is 85.2 Å². The van der Waals surface area contributed by atoms with Crippen LogP contribution in [0.2, 0.25) is 0 Å². The third-order valence-corrected chi connectivity index (χ3v) is 7.96. The molecule has 1 amide bonds. The van der Waals surface area contributed by atoms with Gasteiger partial charge in [0.15, 0.2) is 10.6 Å². The lowest BCUT2D eigenvalue weighted by molar-refractivity contribution is 0.0971. The van der Waals surface area contributed by atoms with Crippen LogP contribution in [0.4, 0.5) is 5.13 Å². The van der Waals surface area contributed by atoms with Gasteiger partial charge in [0.1, 0.15) is 5.58 Å². The van der Waals surface area contributed by atoms with E-state index in [9.17, 15) is 9.59 Å². The first-order chi connectivity index (χ1) is 15.3. The molecule has 0 radical (unpaired) electrons. The van der Waals surface area contributed by atoms with Crippen LogP contribution in [0.15, 0.2) is 50.5 Å². The molecule has 0 saturated carbocycles. The second-order valence-corrected chi connectivity index (χ2v) is 10.2. The van der Waals surface area contributed by atoms with Crippen molar-refractivity contribution in [1.82, 2.24) is 4.98 Å². The van der Waals surface area contributed by atoms with Crippen molar-refractivity contribution >= 4 is 45.1 Å². The molecule has 1 aliphatic heterocycles. The standard InChI is InChI=1S/C25H22N2O3S2/c1-12-10-18-19(11-13(12)2)30-23-20(22(18)28)21(16-6-8-17(31-5)9-7-16)27(24(23)29)25-26-14(3)15(4)32-25/h6-11,21H,1-5H3/t21-/m1/s1. The van der Waals surface area contributed by atoms with E-state index in [2.05, 4.69) is 4.98 Å². The summed E-state index contributed by atoms with van der Waals surface area (Å²) in [6.45, 7) is 7.84. The molecule has 0 saturated heterocycles. The summed E-state index contributed by atoms with van der Waals surface area (Å²) in [5.41, 5.74) is 4.42. The minimum atomic E-state index is -0.583. The number of thioether (sulfide) groups is 1. The zero-order valence-electron chi connectivity index (χ0n) is 18.5. The quantitative estimate of drug-likeness (QED) is 0.352. The topological polar surface area (TPSA) is 63.4 Å². The highest BCUT2D eigenvalue weighted by Gasteiger charge is 2.45. The van der Waals surface area contributed by atoms with Crippen LogP contribution in [0, 0.1) is 27.7 Å². The van der Waals surface area contributed by atoms with E-state index in [0.717, 1.165) is 32.2 Å². The zero-order chi connectivity index (χ0) is 22.7. The number of benzene rings is 2. The van der Waals surface area contributed by atoms with Gasteiger partial charge >= 0.3 is 0 Å². The molecule has 0 aliphatic carbocycles. The fourth-order valence-electron chi connectivity index (χ4n) is 4.09. The van der Waals surface area contributed by atoms with E-state index in [4.69, 9.17) is 4.42 Å². The molecule has 5 nitrogen and oxygen atoms in total. The average molecular weight is 463 g/mol. The summed E-state index contributed by atoms with van der Waals surface area (Å²) in [5, 5.41) is 1.07. The van der Waals surface area contributed by atoms with Crippen molar-refractivity contribution in [3.8, 4) is 0 Å². The number of amides is 1. The number of hydrogen-bond acceptors (Lipinski definition) is 6. The van der Waals surface area contributed by atoms with E-state index in [1.165, 1.54) is 11.3 Å². The molecule has 3 heterocycles. The fraction of sp³-hybridized carbons (Fsp3) is 0.240.